The van der Waals surface area contributed by atoms with E-state index >= 15 is 0 Å². The van der Waals surface area contributed by atoms with Crippen LogP contribution >= 0.6 is 0 Å². The molecular weight excluding hydrogens is 326 g/mol. The van der Waals surface area contributed by atoms with Crippen molar-refractivity contribution in [1.82, 2.24) is 9.97 Å². The molecule has 3 aromatic rings. The second-order valence-corrected chi connectivity index (χ2v) is 5.96. The summed E-state index contributed by atoms with van der Waals surface area (Å²) in [6, 6.07) is 15.8. The van der Waals surface area contributed by atoms with Gasteiger partial charge in [-0.1, -0.05) is 42.5 Å². The predicted octanol–water partition coefficient (Wildman–Crippen LogP) is 4.03. The van der Waals surface area contributed by atoms with Crippen molar-refractivity contribution >= 4 is 11.9 Å². The van der Waals surface area contributed by atoms with Gasteiger partial charge in [0.05, 0.1) is 7.11 Å². The fraction of sp³-hybridized carbons (Fsp3) is 0.190. The average Bonchev–Trinajstić information content (AvgIpc) is 2.68. The molecule has 2 aromatic carbocycles. The summed E-state index contributed by atoms with van der Waals surface area (Å²) < 4.78 is 5.35. The molecule has 1 amide bonds. The van der Waals surface area contributed by atoms with E-state index in [0.29, 0.717) is 18.8 Å². The van der Waals surface area contributed by atoms with E-state index in [1.165, 1.54) is 0 Å². The van der Waals surface area contributed by atoms with Crippen molar-refractivity contribution in [2.45, 2.75) is 19.8 Å². The normalized spacial score (nSPS) is 10.4. The van der Waals surface area contributed by atoms with E-state index in [1.807, 2.05) is 55.5 Å². The maximum absolute atomic E-state index is 12.1. The molecule has 1 aromatic heterocycles. The molecule has 0 saturated heterocycles. The molecule has 0 spiro atoms. The standard InChI is InChI=1S/C21H21N3O2/c1-15-18(9-6-10-19(15)26-2)17-13-22-21(23-14-17)24-20(25)12-11-16-7-4-3-5-8-16/h3-10,13-14H,11-12H2,1-2H3,(H,22,23,24,25). The van der Waals surface area contributed by atoms with Crippen LogP contribution in [0.2, 0.25) is 0 Å². The van der Waals surface area contributed by atoms with Crippen LogP contribution in [0.1, 0.15) is 17.5 Å². The zero-order valence-corrected chi connectivity index (χ0v) is 14.9. The molecule has 1 heterocycles. The lowest BCUT2D eigenvalue weighted by Gasteiger charge is -2.10. The van der Waals surface area contributed by atoms with Crippen molar-refractivity contribution in [1.29, 1.82) is 0 Å². The summed E-state index contributed by atoms with van der Waals surface area (Å²) in [6.07, 6.45) is 4.50. The number of nitrogens with zero attached hydrogens (tertiary/aromatic N) is 2. The van der Waals surface area contributed by atoms with Crippen molar-refractivity contribution in [3.63, 3.8) is 0 Å². The van der Waals surface area contributed by atoms with Crippen LogP contribution in [0.5, 0.6) is 5.75 Å². The highest BCUT2D eigenvalue weighted by atomic mass is 16.5. The second-order valence-electron chi connectivity index (χ2n) is 5.96. The highest BCUT2D eigenvalue weighted by molar-refractivity contribution is 5.89. The maximum Gasteiger partial charge on any atom is 0.229 e. The van der Waals surface area contributed by atoms with Gasteiger partial charge < -0.3 is 4.74 Å². The largest absolute Gasteiger partial charge is 0.496 e. The van der Waals surface area contributed by atoms with E-state index in [1.54, 1.807) is 19.5 Å². The Morgan fingerprint density at radius 3 is 2.46 bits per heavy atom. The number of hydrogen-bond acceptors (Lipinski definition) is 4. The van der Waals surface area contributed by atoms with Gasteiger partial charge in [0.15, 0.2) is 0 Å². The quantitative estimate of drug-likeness (QED) is 0.731. The van der Waals surface area contributed by atoms with E-state index in [2.05, 4.69) is 15.3 Å². The molecule has 26 heavy (non-hydrogen) atoms. The SMILES string of the molecule is COc1cccc(-c2cnc(NC(=O)CCc3ccccc3)nc2)c1C. The van der Waals surface area contributed by atoms with Gasteiger partial charge >= 0.3 is 0 Å². The van der Waals surface area contributed by atoms with Crippen molar-refractivity contribution in [3.05, 3.63) is 72.1 Å². The lowest BCUT2D eigenvalue weighted by molar-refractivity contribution is -0.116. The van der Waals surface area contributed by atoms with Crippen LogP contribution in [0.3, 0.4) is 0 Å². The van der Waals surface area contributed by atoms with Gasteiger partial charge in [0.25, 0.3) is 0 Å². The van der Waals surface area contributed by atoms with Crippen molar-refractivity contribution in [2.75, 3.05) is 12.4 Å². The Balaban J connectivity index is 1.63. The van der Waals surface area contributed by atoms with Crippen LogP contribution < -0.4 is 10.1 Å². The van der Waals surface area contributed by atoms with Gasteiger partial charge in [-0.25, -0.2) is 9.97 Å². The van der Waals surface area contributed by atoms with E-state index in [0.717, 1.165) is 28.0 Å². The van der Waals surface area contributed by atoms with Crippen molar-refractivity contribution in [3.8, 4) is 16.9 Å². The number of hydrogen-bond donors (Lipinski definition) is 1. The Morgan fingerprint density at radius 1 is 1.04 bits per heavy atom. The minimum atomic E-state index is -0.0980. The molecule has 0 aliphatic carbocycles. The van der Waals surface area contributed by atoms with Crippen molar-refractivity contribution in [2.24, 2.45) is 0 Å². The summed E-state index contributed by atoms with van der Waals surface area (Å²) in [5.41, 5.74) is 4.04. The van der Waals surface area contributed by atoms with Gasteiger partial charge in [-0.2, -0.15) is 0 Å². The van der Waals surface area contributed by atoms with Crippen LogP contribution in [0.15, 0.2) is 60.9 Å². The molecule has 132 valence electrons. The Hall–Kier alpha value is -3.21. The van der Waals surface area contributed by atoms with Crippen molar-refractivity contribution < 1.29 is 9.53 Å². The van der Waals surface area contributed by atoms with E-state index in [4.69, 9.17) is 4.74 Å². The Bertz CT molecular complexity index is 878. The molecule has 5 heteroatoms. The number of carbonyl (C=O) groups excluding carboxylic acids is 1. The molecule has 0 saturated carbocycles. The first-order chi connectivity index (χ1) is 12.7. The molecule has 1 N–H and O–H groups in total. The topological polar surface area (TPSA) is 64.1 Å². The summed E-state index contributed by atoms with van der Waals surface area (Å²) >= 11 is 0. The fourth-order valence-corrected chi connectivity index (χ4v) is 2.77. The third-order valence-corrected chi connectivity index (χ3v) is 4.20. The number of methoxy groups -OCH3 is 1. The van der Waals surface area contributed by atoms with Gasteiger partial charge in [-0.3, -0.25) is 10.1 Å². The Kier molecular flexibility index (Phi) is 5.59. The summed E-state index contributed by atoms with van der Waals surface area (Å²) in [5.74, 6) is 1.03. The molecule has 5 nitrogen and oxygen atoms in total. The molecular formula is C21H21N3O2. The third-order valence-electron chi connectivity index (χ3n) is 4.20. The Morgan fingerprint density at radius 2 is 1.77 bits per heavy atom. The van der Waals surface area contributed by atoms with Crippen LogP contribution in [0.4, 0.5) is 5.95 Å². The number of nitrogens with one attached hydrogen (secondary N) is 1. The Labute approximate surface area is 153 Å². The van der Waals surface area contributed by atoms with Crippen LogP contribution in [-0.2, 0) is 11.2 Å². The predicted molar refractivity (Wildman–Crippen MR) is 102 cm³/mol. The van der Waals surface area contributed by atoms with Gasteiger partial charge in [-0.05, 0) is 36.1 Å². The van der Waals surface area contributed by atoms with Gasteiger partial charge in [0.1, 0.15) is 5.75 Å². The molecule has 0 aliphatic rings. The van der Waals surface area contributed by atoms with Crippen LogP contribution in [0, 0.1) is 6.92 Å². The van der Waals surface area contributed by atoms with Gasteiger partial charge in [0.2, 0.25) is 11.9 Å². The summed E-state index contributed by atoms with van der Waals surface area (Å²) in [7, 11) is 1.65. The lowest BCUT2D eigenvalue weighted by atomic mass is 10.0. The molecule has 0 radical (unpaired) electrons. The lowest BCUT2D eigenvalue weighted by Crippen LogP contribution is -2.14. The monoisotopic (exact) mass is 347 g/mol. The number of carbonyl (C=O) groups is 1. The van der Waals surface area contributed by atoms with E-state index < -0.39 is 0 Å². The summed E-state index contributed by atoms with van der Waals surface area (Å²) in [4.78, 5) is 20.6. The maximum atomic E-state index is 12.1. The van der Waals surface area contributed by atoms with E-state index in [-0.39, 0.29) is 5.91 Å². The first-order valence-corrected chi connectivity index (χ1v) is 8.47. The summed E-state index contributed by atoms with van der Waals surface area (Å²) in [6.45, 7) is 1.99. The number of anilines is 1. The highest BCUT2D eigenvalue weighted by Gasteiger charge is 2.09. The van der Waals surface area contributed by atoms with Gasteiger partial charge in [-0.15, -0.1) is 0 Å². The van der Waals surface area contributed by atoms with Crippen LogP contribution in [0.25, 0.3) is 11.1 Å². The van der Waals surface area contributed by atoms with Gasteiger partial charge in [0, 0.05) is 24.4 Å². The number of aryl methyl sites for hydroxylation is 1. The van der Waals surface area contributed by atoms with E-state index in [9.17, 15) is 4.79 Å². The fourth-order valence-electron chi connectivity index (χ4n) is 2.77. The molecule has 0 atom stereocenters. The zero-order valence-electron chi connectivity index (χ0n) is 14.9. The van der Waals surface area contributed by atoms with Crippen LogP contribution in [-0.4, -0.2) is 23.0 Å². The first-order valence-electron chi connectivity index (χ1n) is 8.47. The average molecular weight is 347 g/mol. The minimum Gasteiger partial charge on any atom is -0.496 e. The number of ether oxygens (including phenoxy) is 1. The third kappa shape index (κ3) is 4.25. The highest BCUT2D eigenvalue weighted by Crippen LogP contribution is 2.29. The number of amides is 1. The zero-order chi connectivity index (χ0) is 18.4. The molecule has 3 rings (SSSR count). The molecule has 0 unspecified atom stereocenters. The number of rotatable bonds is 6. The molecule has 0 fully saturated rings. The number of aromatic nitrogens is 2. The first kappa shape index (κ1) is 17.6. The minimum absolute atomic E-state index is 0.0980. The smallest absolute Gasteiger partial charge is 0.229 e. The summed E-state index contributed by atoms with van der Waals surface area (Å²) in [5, 5.41) is 2.74. The molecule has 0 aliphatic heterocycles. The number of benzene rings is 2. The second kappa shape index (κ2) is 8.25. The molecule has 0 bridgehead atoms.